The van der Waals surface area contributed by atoms with Crippen LogP contribution >= 0.6 is 12.6 Å². The molecule has 0 aliphatic carbocycles. The van der Waals surface area contributed by atoms with Crippen molar-refractivity contribution in [1.29, 1.82) is 0 Å². The molecule has 3 rings (SSSR count). The van der Waals surface area contributed by atoms with Crippen molar-refractivity contribution < 1.29 is 28.4 Å². The van der Waals surface area contributed by atoms with E-state index in [2.05, 4.69) is 12.6 Å². The second-order valence-electron chi connectivity index (χ2n) is 6.26. The van der Waals surface area contributed by atoms with Crippen LogP contribution in [0, 0.1) is 5.41 Å². The SMILES string of the molecule is COc1cc(C2OCOCC23COCOC3)ccc1OCC(C)S. The van der Waals surface area contributed by atoms with Crippen LogP contribution in [0.15, 0.2) is 18.2 Å². The molecule has 1 aromatic rings. The monoisotopic (exact) mass is 356 g/mol. The molecule has 0 radical (unpaired) electrons. The van der Waals surface area contributed by atoms with Crippen molar-refractivity contribution in [1.82, 2.24) is 0 Å². The number of hydrogen-bond donors (Lipinski definition) is 1. The molecule has 0 aromatic heterocycles. The summed E-state index contributed by atoms with van der Waals surface area (Å²) < 4.78 is 33.7. The van der Waals surface area contributed by atoms with Gasteiger partial charge in [-0.25, -0.2) is 0 Å². The first kappa shape index (κ1) is 17.8. The Morgan fingerprint density at radius 2 is 1.88 bits per heavy atom. The topological polar surface area (TPSA) is 55.4 Å². The lowest BCUT2D eigenvalue weighted by molar-refractivity contribution is -0.279. The van der Waals surface area contributed by atoms with E-state index in [9.17, 15) is 0 Å². The third kappa shape index (κ3) is 3.81. The molecule has 1 spiro atoms. The highest BCUT2D eigenvalue weighted by Gasteiger charge is 2.46. The van der Waals surface area contributed by atoms with Gasteiger partial charge >= 0.3 is 0 Å². The fraction of sp³-hybridized carbons (Fsp3) is 0.647. The van der Waals surface area contributed by atoms with Crippen LogP contribution in [0.2, 0.25) is 0 Å². The number of benzene rings is 1. The van der Waals surface area contributed by atoms with Gasteiger partial charge in [-0.15, -0.1) is 0 Å². The second-order valence-corrected chi connectivity index (χ2v) is 7.14. The minimum absolute atomic E-state index is 0.146. The summed E-state index contributed by atoms with van der Waals surface area (Å²) in [5, 5.41) is 0.146. The second kappa shape index (κ2) is 7.93. The molecule has 2 saturated heterocycles. The Labute approximate surface area is 147 Å². The summed E-state index contributed by atoms with van der Waals surface area (Å²) in [4.78, 5) is 0. The first-order valence-corrected chi connectivity index (χ1v) is 8.50. The van der Waals surface area contributed by atoms with Gasteiger partial charge in [0.25, 0.3) is 0 Å². The van der Waals surface area contributed by atoms with Crippen molar-refractivity contribution in [3.8, 4) is 11.5 Å². The minimum Gasteiger partial charge on any atom is -0.493 e. The summed E-state index contributed by atoms with van der Waals surface area (Å²) in [7, 11) is 1.63. The predicted octanol–water partition coefficient (Wildman–Crippen LogP) is 2.43. The highest BCUT2D eigenvalue weighted by molar-refractivity contribution is 7.80. The number of thiol groups is 1. The van der Waals surface area contributed by atoms with E-state index < -0.39 is 0 Å². The van der Waals surface area contributed by atoms with Crippen LogP contribution in [-0.4, -0.2) is 52.4 Å². The van der Waals surface area contributed by atoms with E-state index in [1.165, 1.54) is 0 Å². The van der Waals surface area contributed by atoms with Crippen molar-refractivity contribution in [2.75, 3.05) is 47.1 Å². The lowest BCUT2D eigenvalue weighted by Crippen LogP contribution is -2.49. The van der Waals surface area contributed by atoms with Gasteiger partial charge in [-0.3, -0.25) is 0 Å². The summed E-state index contributed by atoms with van der Waals surface area (Å²) in [6.45, 7) is 4.67. The molecule has 0 saturated carbocycles. The Kier molecular flexibility index (Phi) is 5.89. The first-order valence-electron chi connectivity index (χ1n) is 7.98. The zero-order valence-corrected chi connectivity index (χ0v) is 14.9. The van der Waals surface area contributed by atoms with E-state index >= 15 is 0 Å². The molecule has 2 aliphatic rings. The summed E-state index contributed by atoms with van der Waals surface area (Å²) in [6, 6.07) is 5.85. The molecule has 2 aliphatic heterocycles. The summed E-state index contributed by atoms with van der Waals surface area (Å²) in [6.07, 6.45) is -0.182. The van der Waals surface area contributed by atoms with Crippen LogP contribution in [-0.2, 0) is 18.9 Å². The molecular formula is C17H24O6S. The maximum atomic E-state index is 5.90. The number of methoxy groups -OCH3 is 1. The molecule has 0 N–H and O–H groups in total. The van der Waals surface area contributed by atoms with Crippen molar-refractivity contribution in [2.24, 2.45) is 5.41 Å². The van der Waals surface area contributed by atoms with E-state index in [4.69, 9.17) is 28.4 Å². The Morgan fingerprint density at radius 3 is 2.54 bits per heavy atom. The van der Waals surface area contributed by atoms with Crippen LogP contribution in [0.4, 0.5) is 0 Å². The van der Waals surface area contributed by atoms with Crippen LogP contribution in [0.5, 0.6) is 11.5 Å². The molecule has 2 heterocycles. The van der Waals surface area contributed by atoms with Gasteiger partial charge in [-0.2, -0.15) is 12.6 Å². The number of hydrogen-bond acceptors (Lipinski definition) is 7. The van der Waals surface area contributed by atoms with Crippen molar-refractivity contribution >= 4 is 12.6 Å². The molecule has 2 atom stereocenters. The lowest BCUT2D eigenvalue weighted by atomic mass is 9.79. The van der Waals surface area contributed by atoms with E-state index in [-0.39, 0.29) is 23.6 Å². The summed E-state index contributed by atoms with van der Waals surface area (Å²) in [5.41, 5.74) is 0.652. The van der Waals surface area contributed by atoms with Gasteiger partial charge in [0, 0.05) is 5.25 Å². The molecule has 0 amide bonds. The Hall–Kier alpha value is -0.990. The van der Waals surface area contributed by atoms with Gasteiger partial charge in [-0.1, -0.05) is 13.0 Å². The van der Waals surface area contributed by atoms with Crippen LogP contribution < -0.4 is 9.47 Å². The van der Waals surface area contributed by atoms with Gasteiger partial charge in [0.2, 0.25) is 0 Å². The maximum absolute atomic E-state index is 5.90. The normalized spacial score (nSPS) is 24.5. The molecule has 2 unspecified atom stereocenters. The number of rotatable bonds is 5. The Bertz CT molecular complexity index is 536. The summed E-state index contributed by atoms with van der Waals surface area (Å²) in [5.74, 6) is 1.36. The molecule has 0 bridgehead atoms. The Balaban J connectivity index is 1.84. The largest absolute Gasteiger partial charge is 0.493 e. The van der Waals surface area contributed by atoms with Gasteiger partial charge in [0.15, 0.2) is 11.5 Å². The molecule has 6 nitrogen and oxygen atoms in total. The molecule has 1 aromatic carbocycles. The van der Waals surface area contributed by atoms with Gasteiger partial charge < -0.3 is 28.4 Å². The molecule has 24 heavy (non-hydrogen) atoms. The Morgan fingerprint density at radius 1 is 1.17 bits per heavy atom. The van der Waals surface area contributed by atoms with Gasteiger partial charge in [0.1, 0.15) is 13.6 Å². The van der Waals surface area contributed by atoms with Crippen LogP contribution in [0.3, 0.4) is 0 Å². The first-order chi connectivity index (χ1) is 11.6. The molecule has 134 valence electrons. The highest BCUT2D eigenvalue weighted by atomic mass is 32.1. The lowest BCUT2D eigenvalue weighted by Gasteiger charge is -2.45. The molecular weight excluding hydrogens is 332 g/mol. The standard InChI is InChI=1S/C17H24O6S/c1-12(24)6-22-14-4-3-13(5-15(14)18-2)16-17(9-21-11-23-16)7-19-10-20-8-17/h3-5,12,16,24H,6-11H2,1-2H3. The van der Waals surface area contributed by atoms with Gasteiger partial charge in [0.05, 0.1) is 45.1 Å². The van der Waals surface area contributed by atoms with E-state index in [1.54, 1.807) is 7.11 Å². The predicted molar refractivity (Wildman–Crippen MR) is 90.8 cm³/mol. The van der Waals surface area contributed by atoms with Crippen LogP contribution in [0.25, 0.3) is 0 Å². The smallest absolute Gasteiger partial charge is 0.161 e. The third-order valence-electron chi connectivity index (χ3n) is 4.18. The summed E-state index contributed by atoms with van der Waals surface area (Å²) >= 11 is 4.33. The highest BCUT2D eigenvalue weighted by Crippen LogP contribution is 2.44. The zero-order chi connectivity index (χ0) is 17.0. The average Bonchev–Trinajstić information content (AvgIpc) is 2.61. The van der Waals surface area contributed by atoms with Crippen molar-refractivity contribution in [3.05, 3.63) is 23.8 Å². The minimum atomic E-state index is -0.344. The van der Waals surface area contributed by atoms with Crippen LogP contribution in [0.1, 0.15) is 18.6 Å². The van der Waals surface area contributed by atoms with E-state index in [0.717, 1.165) is 5.56 Å². The van der Waals surface area contributed by atoms with Crippen molar-refractivity contribution in [3.63, 3.8) is 0 Å². The average molecular weight is 356 g/mol. The number of ether oxygens (including phenoxy) is 6. The zero-order valence-electron chi connectivity index (χ0n) is 14.0. The fourth-order valence-corrected chi connectivity index (χ4v) is 3.14. The molecule has 2 fully saturated rings. The van der Waals surface area contributed by atoms with Crippen molar-refractivity contribution in [2.45, 2.75) is 18.3 Å². The third-order valence-corrected chi connectivity index (χ3v) is 4.33. The fourth-order valence-electron chi connectivity index (χ4n) is 3.07. The van der Waals surface area contributed by atoms with E-state index in [1.807, 2.05) is 25.1 Å². The van der Waals surface area contributed by atoms with Gasteiger partial charge in [-0.05, 0) is 17.7 Å². The quantitative estimate of drug-likeness (QED) is 0.818. The maximum Gasteiger partial charge on any atom is 0.161 e. The molecule has 7 heteroatoms. The van der Waals surface area contributed by atoms with E-state index in [0.29, 0.717) is 44.7 Å².